The first-order chi connectivity index (χ1) is 17.7. The van der Waals surface area contributed by atoms with Crippen LogP contribution in [0.1, 0.15) is 82.1 Å². The number of unbranched alkanes of at least 4 members (excludes halogenated alkanes) is 5. The number of ether oxygens (including phenoxy) is 3. The van der Waals surface area contributed by atoms with Gasteiger partial charge in [0.1, 0.15) is 10.4 Å². The van der Waals surface area contributed by atoms with Crippen molar-refractivity contribution in [2.75, 3.05) is 13.2 Å². The number of carbonyl (C=O) groups is 1. The minimum absolute atomic E-state index is 0.0164. The molecule has 0 bridgehead atoms. The molecular formula is C28H36F3NO4S. The molecule has 0 spiro atoms. The van der Waals surface area contributed by atoms with Crippen molar-refractivity contribution >= 4 is 29.1 Å². The van der Waals surface area contributed by atoms with Gasteiger partial charge in [0.2, 0.25) is 0 Å². The van der Waals surface area contributed by atoms with Crippen LogP contribution in [0.25, 0.3) is 10.9 Å². The van der Waals surface area contributed by atoms with Crippen LogP contribution in [0.5, 0.6) is 11.5 Å². The summed E-state index contributed by atoms with van der Waals surface area (Å²) in [4.78, 5) is 11.0. The Kier molecular flexibility index (Phi) is 10.9. The molecule has 5 nitrogen and oxygen atoms in total. The zero-order valence-electron chi connectivity index (χ0n) is 21.4. The van der Waals surface area contributed by atoms with E-state index in [-0.39, 0.29) is 22.3 Å². The van der Waals surface area contributed by atoms with E-state index in [4.69, 9.17) is 21.7 Å². The van der Waals surface area contributed by atoms with E-state index in [1.54, 1.807) is 11.6 Å². The smallest absolute Gasteiger partial charge is 0.494 e. The van der Waals surface area contributed by atoms with Crippen LogP contribution >= 0.6 is 12.2 Å². The second-order valence-electron chi connectivity index (χ2n) is 9.51. The van der Waals surface area contributed by atoms with E-state index >= 15 is 0 Å². The molecule has 1 fully saturated rings. The Labute approximate surface area is 221 Å². The van der Waals surface area contributed by atoms with Crippen LogP contribution in [0.3, 0.4) is 0 Å². The minimum atomic E-state index is -4.81. The fourth-order valence-electron chi connectivity index (χ4n) is 4.95. The molecule has 204 valence electrons. The van der Waals surface area contributed by atoms with Gasteiger partial charge in [0, 0.05) is 30.1 Å². The number of hydrogen-bond donors (Lipinski definition) is 0. The van der Waals surface area contributed by atoms with E-state index in [2.05, 4.69) is 11.3 Å². The molecule has 0 unspecified atom stereocenters. The average Bonchev–Trinajstić information content (AvgIpc) is 2.88. The van der Waals surface area contributed by atoms with Crippen molar-refractivity contribution in [2.45, 2.75) is 82.9 Å². The molecular weight excluding hydrogens is 503 g/mol. The maximum absolute atomic E-state index is 13.3. The Morgan fingerprint density at radius 3 is 2.38 bits per heavy atom. The molecule has 1 heterocycles. The number of halogens is 3. The first kappa shape index (κ1) is 29.0. The van der Waals surface area contributed by atoms with Crippen molar-refractivity contribution in [3.05, 3.63) is 41.1 Å². The highest BCUT2D eigenvalue weighted by Crippen LogP contribution is 2.44. The summed E-state index contributed by atoms with van der Waals surface area (Å²) >= 11 is 5.45. The third-order valence-corrected chi connectivity index (χ3v) is 7.27. The van der Waals surface area contributed by atoms with Crippen LogP contribution in [-0.4, -0.2) is 30.1 Å². The predicted molar refractivity (Wildman–Crippen MR) is 141 cm³/mol. The van der Waals surface area contributed by atoms with Crippen LogP contribution in [0.4, 0.5) is 13.2 Å². The van der Waals surface area contributed by atoms with Gasteiger partial charge >= 0.3 is 12.3 Å². The number of esters is 1. The first-order valence-electron chi connectivity index (χ1n) is 13.1. The molecule has 0 aliphatic heterocycles. The highest BCUT2D eigenvalue weighted by atomic mass is 32.1. The molecule has 1 saturated carbocycles. The van der Waals surface area contributed by atoms with Crippen molar-refractivity contribution in [3.63, 3.8) is 0 Å². The van der Waals surface area contributed by atoms with Crippen LogP contribution in [0.15, 0.2) is 30.9 Å². The molecule has 1 aromatic carbocycles. The summed E-state index contributed by atoms with van der Waals surface area (Å²) in [5.74, 6) is 0.0264. The number of aryl methyl sites for hydroxylation is 1. The number of fused-ring (bicyclic) bond motifs is 1. The van der Waals surface area contributed by atoms with Gasteiger partial charge in [-0.2, -0.15) is 0 Å². The highest BCUT2D eigenvalue weighted by Gasteiger charge is 2.35. The zero-order chi connectivity index (χ0) is 26.8. The SMILES string of the molecule is C=CC(=O)OCCCCCCCCOc1ccc2c(C3CCCCC3)c(OC(F)(F)F)c(=S)n(C)c2c1. The molecule has 3 rings (SSSR count). The van der Waals surface area contributed by atoms with E-state index in [9.17, 15) is 18.0 Å². The van der Waals surface area contributed by atoms with Crippen molar-refractivity contribution in [3.8, 4) is 11.5 Å². The number of pyridine rings is 1. The van der Waals surface area contributed by atoms with E-state index in [0.29, 0.717) is 24.5 Å². The van der Waals surface area contributed by atoms with Crippen molar-refractivity contribution < 1.29 is 32.2 Å². The van der Waals surface area contributed by atoms with E-state index in [1.165, 1.54) is 6.08 Å². The molecule has 1 aliphatic rings. The third-order valence-electron chi connectivity index (χ3n) is 6.81. The quantitative estimate of drug-likeness (QED) is 0.111. The topological polar surface area (TPSA) is 49.7 Å². The van der Waals surface area contributed by atoms with Gasteiger partial charge in [-0.1, -0.05) is 63.7 Å². The van der Waals surface area contributed by atoms with Crippen LogP contribution in [0, 0.1) is 4.64 Å². The van der Waals surface area contributed by atoms with Gasteiger partial charge < -0.3 is 18.8 Å². The number of aromatic nitrogens is 1. The normalized spacial score (nSPS) is 14.5. The number of nitrogens with zero attached hydrogens (tertiary/aromatic N) is 1. The third kappa shape index (κ3) is 8.48. The first-order valence-corrected chi connectivity index (χ1v) is 13.5. The molecule has 2 aromatic rings. The largest absolute Gasteiger partial charge is 0.573 e. The summed E-state index contributed by atoms with van der Waals surface area (Å²) in [6, 6.07) is 5.52. The lowest BCUT2D eigenvalue weighted by Crippen LogP contribution is -2.21. The predicted octanol–water partition coefficient (Wildman–Crippen LogP) is 8.30. The second kappa shape index (κ2) is 13.8. The molecule has 9 heteroatoms. The molecule has 0 amide bonds. The van der Waals surface area contributed by atoms with Crippen molar-refractivity contribution in [1.29, 1.82) is 0 Å². The van der Waals surface area contributed by atoms with Gasteiger partial charge in [0.05, 0.1) is 18.7 Å². The Morgan fingerprint density at radius 1 is 1.08 bits per heavy atom. The summed E-state index contributed by atoms with van der Waals surface area (Å²) in [7, 11) is 1.67. The van der Waals surface area contributed by atoms with Crippen LogP contribution < -0.4 is 9.47 Å². The van der Waals surface area contributed by atoms with Gasteiger partial charge in [-0.25, -0.2) is 4.79 Å². The Bertz CT molecular complexity index is 1120. The van der Waals surface area contributed by atoms with E-state index in [1.807, 2.05) is 18.2 Å². The van der Waals surface area contributed by atoms with Crippen molar-refractivity contribution in [2.24, 2.45) is 7.05 Å². The second-order valence-corrected chi connectivity index (χ2v) is 9.90. The monoisotopic (exact) mass is 539 g/mol. The van der Waals surface area contributed by atoms with Gasteiger partial charge in [0.25, 0.3) is 0 Å². The number of benzene rings is 1. The summed E-state index contributed by atoms with van der Waals surface area (Å²) in [6.45, 7) is 4.34. The summed E-state index contributed by atoms with van der Waals surface area (Å²) in [5.41, 5.74) is 1.32. The molecule has 1 aliphatic carbocycles. The number of alkyl halides is 3. The lowest BCUT2D eigenvalue weighted by molar-refractivity contribution is -0.275. The van der Waals surface area contributed by atoms with E-state index in [0.717, 1.165) is 81.5 Å². The number of rotatable bonds is 13. The maximum atomic E-state index is 13.3. The Balaban J connectivity index is 1.63. The van der Waals surface area contributed by atoms with Gasteiger partial charge in [-0.3, -0.25) is 0 Å². The molecule has 37 heavy (non-hydrogen) atoms. The van der Waals surface area contributed by atoms with Crippen LogP contribution in [0.2, 0.25) is 0 Å². The standard InChI is InChI=1S/C28H36F3NO4S/c1-3-24(33)35-18-12-7-5-4-6-11-17-34-21-15-16-22-23(19-21)32(2)27(37)26(36-28(29,30)31)25(22)20-13-9-8-10-14-20/h3,15-16,19-20H,1,4-14,17-18H2,2H3. The number of hydrogen-bond acceptors (Lipinski definition) is 5. The van der Waals surface area contributed by atoms with E-state index < -0.39 is 6.36 Å². The molecule has 0 atom stereocenters. The highest BCUT2D eigenvalue weighted by molar-refractivity contribution is 7.71. The Morgan fingerprint density at radius 2 is 1.73 bits per heavy atom. The maximum Gasteiger partial charge on any atom is 0.573 e. The molecule has 0 radical (unpaired) electrons. The summed E-state index contributed by atoms with van der Waals surface area (Å²) < 4.78 is 56.9. The minimum Gasteiger partial charge on any atom is -0.494 e. The zero-order valence-corrected chi connectivity index (χ0v) is 22.2. The lowest BCUT2D eigenvalue weighted by atomic mass is 9.82. The summed E-state index contributed by atoms with van der Waals surface area (Å²) in [5, 5.41) is 0.730. The van der Waals surface area contributed by atoms with Gasteiger partial charge in [-0.15, -0.1) is 13.2 Å². The summed E-state index contributed by atoms with van der Waals surface area (Å²) in [6.07, 6.45) is 6.95. The fraction of sp³-hybridized carbons (Fsp3) is 0.571. The average molecular weight is 540 g/mol. The molecule has 0 saturated heterocycles. The fourth-order valence-corrected chi connectivity index (χ4v) is 5.20. The lowest BCUT2D eigenvalue weighted by Gasteiger charge is -2.27. The van der Waals surface area contributed by atoms with Gasteiger partial charge in [0.15, 0.2) is 5.75 Å². The molecule has 1 aromatic heterocycles. The number of carbonyl (C=O) groups excluding carboxylic acids is 1. The molecule has 0 N–H and O–H groups in total. The Hall–Kier alpha value is -2.55. The van der Waals surface area contributed by atoms with Crippen molar-refractivity contribution in [1.82, 2.24) is 4.57 Å². The van der Waals surface area contributed by atoms with Gasteiger partial charge in [-0.05, 0) is 43.7 Å². The van der Waals surface area contributed by atoms with Crippen LogP contribution in [-0.2, 0) is 16.6 Å².